The first kappa shape index (κ1) is 12.4. The molecule has 0 heterocycles. The zero-order chi connectivity index (χ0) is 12.1. The van der Waals surface area contributed by atoms with E-state index < -0.39 is 17.8 Å². The summed E-state index contributed by atoms with van der Waals surface area (Å²) in [5, 5.41) is 19.8. The lowest BCUT2D eigenvalue weighted by Crippen LogP contribution is -2.40. The number of hydrogen-bond donors (Lipinski definition) is 4. The van der Waals surface area contributed by atoms with Crippen molar-refractivity contribution in [2.24, 2.45) is 0 Å². The number of halogens is 1. The Morgan fingerprint density at radius 3 is 2.56 bits per heavy atom. The van der Waals surface area contributed by atoms with Crippen molar-refractivity contribution < 1.29 is 19.4 Å². The van der Waals surface area contributed by atoms with Gasteiger partial charge in [0.15, 0.2) is 0 Å². The van der Waals surface area contributed by atoms with Crippen LogP contribution in [0.4, 0.5) is 10.1 Å². The summed E-state index contributed by atoms with van der Waals surface area (Å²) in [6.07, 6.45) is 0. The molecule has 6 heteroatoms. The third-order valence-electron chi connectivity index (χ3n) is 2.04. The zero-order valence-electron chi connectivity index (χ0n) is 8.48. The monoisotopic (exact) mass is 228 g/mol. The van der Waals surface area contributed by atoms with Crippen molar-refractivity contribution in [1.82, 2.24) is 5.32 Å². The summed E-state index contributed by atoms with van der Waals surface area (Å²) in [4.78, 5) is 11.5. The van der Waals surface area contributed by atoms with Gasteiger partial charge in [-0.15, -0.1) is 0 Å². The summed E-state index contributed by atoms with van der Waals surface area (Å²) in [7, 11) is 0. The van der Waals surface area contributed by atoms with E-state index in [1.807, 2.05) is 0 Å². The van der Waals surface area contributed by atoms with Gasteiger partial charge < -0.3 is 21.3 Å². The maximum atomic E-state index is 13.0. The molecule has 0 saturated carbocycles. The molecule has 0 unspecified atom stereocenters. The van der Waals surface area contributed by atoms with Crippen LogP contribution in [-0.2, 0) is 0 Å². The molecule has 16 heavy (non-hydrogen) atoms. The van der Waals surface area contributed by atoms with E-state index in [4.69, 9.17) is 15.9 Å². The first-order chi connectivity index (χ1) is 7.58. The van der Waals surface area contributed by atoms with Crippen LogP contribution in [0.3, 0.4) is 0 Å². The van der Waals surface area contributed by atoms with E-state index in [1.54, 1.807) is 0 Å². The Bertz CT molecular complexity index is 380. The van der Waals surface area contributed by atoms with Gasteiger partial charge in [-0.05, 0) is 18.2 Å². The first-order valence-electron chi connectivity index (χ1n) is 4.66. The van der Waals surface area contributed by atoms with E-state index in [0.717, 1.165) is 6.07 Å². The van der Waals surface area contributed by atoms with Crippen molar-refractivity contribution in [3.8, 4) is 0 Å². The molecule has 0 radical (unpaired) electrons. The standard InChI is InChI=1S/C10H13FN2O3/c11-8-3-6(1-2-9(8)12)10(16)13-7(4-14)5-15/h1-3,7,14-15H,4-5,12H2,(H,13,16). The molecule has 1 aromatic carbocycles. The Morgan fingerprint density at radius 2 is 2.06 bits per heavy atom. The molecule has 0 aliphatic heterocycles. The SMILES string of the molecule is Nc1ccc(C(=O)NC(CO)CO)cc1F. The maximum Gasteiger partial charge on any atom is 0.251 e. The van der Waals surface area contributed by atoms with Crippen molar-refractivity contribution in [1.29, 1.82) is 0 Å². The molecule has 1 aromatic rings. The van der Waals surface area contributed by atoms with Crippen LogP contribution in [0.2, 0.25) is 0 Å². The molecule has 0 atom stereocenters. The van der Waals surface area contributed by atoms with Crippen molar-refractivity contribution >= 4 is 11.6 Å². The second kappa shape index (κ2) is 5.43. The second-order valence-corrected chi connectivity index (χ2v) is 3.27. The number of anilines is 1. The normalized spacial score (nSPS) is 10.5. The van der Waals surface area contributed by atoms with E-state index in [9.17, 15) is 9.18 Å². The molecule has 0 bridgehead atoms. The predicted octanol–water partition coefficient (Wildman–Crippen LogP) is -0.509. The van der Waals surface area contributed by atoms with Crippen LogP contribution in [0.1, 0.15) is 10.4 Å². The average Bonchev–Trinajstić information content (AvgIpc) is 2.29. The molecule has 0 aliphatic rings. The molecular weight excluding hydrogens is 215 g/mol. The van der Waals surface area contributed by atoms with Gasteiger partial charge in [-0.1, -0.05) is 0 Å². The van der Waals surface area contributed by atoms with Crippen molar-refractivity contribution in [2.75, 3.05) is 18.9 Å². The third kappa shape index (κ3) is 2.91. The Balaban J connectivity index is 2.76. The van der Waals surface area contributed by atoms with Crippen molar-refractivity contribution in [2.45, 2.75) is 6.04 Å². The van der Waals surface area contributed by atoms with Gasteiger partial charge in [-0.2, -0.15) is 0 Å². The Kier molecular flexibility index (Phi) is 4.21. The fourth-order valence-electron chi connectivity index (χ4n) is 1.09. The number of nitrogen functional groups attached to an aromatic ring is 1. The topological polar surface area (TPSA) is 95.6 Å². The fraction of sp³-hybridized carbons (Fsp3) is 0.300. The molecular formula is C10H13FN2O3. The number of aliphatic hydroxyl groups is 2. The highest BCUT2D eigenvalue weighted by atomic mass is 19.1. The molecule has 0 spiro atoms. The Hall–Kier alpha value is -1.66. The molecule has 0 aliphatic carbocycles. The number of aliphatic hydroxyl groups excluding tert-OH is 2. The van der Waals surface area contributed by atoms with Crippen molar-refractivity contribution in [3.63, 3.8) is 0 Å². The van der Waals surface area contributed by atoms with E-state index in [2.05, 4.69) is 5.32 Å². The zero-order valence-corrected chi connectivity index (χ0v) is 8.48. The number of hydrogen-bond acceptors (Lipinski definition) is 4. The minimum Gasteiger partial charge on any atom is -0.396 e. The van der Waals surface area contributed by atoms with Crippen LogP contribution in [0.5, 0.6) is 0 Å². The number of nitrogens with two attached hydrogens (primary N) is 1. The number of rotatable bonds is 4. The molecule has 5 N–H and O–H groups in total. The highest BCUT2D eigenvalue weighted by Crippen LogP contribution is 2.11. The number of carbonyl (C=O) groups excluding carboxylic acids is 1. The van der Waals surface area contributed by atoms with E-state index in [-0.39, 0.29) is 24.5 Å². The lowest BCUT2D eigenvalue weighted by molar-refractivity contribution is 0.0879. The molecule has 5 nitrogen and oxygen atoms in total. The Morgan fingerprint density at radius 1 is 1.44 bits per heavy atom. The van der Waals surface area contributed by atoms with Gasteiger partial charge in [0, 0.05) is 5.56 Å². The molecule has 1 amide bonds. The highest BCUT2D eigenvalue weighted by molar-refractivity contribution is 5.94. The Labute approximate surface area is 91.7 Å². The largest absolute Gasteiger partial charge is 0.396 e. The van der Waals surface area contributed by atoms with Crippen LogP contribution >= 0.6 is 0 Å². The van der Waals surface area contributed by atoms with E-state index in [1.165, 1.54) is 12.1 Å². The smallest absolute Gasteiger partial charge is 0.251 e. The van der Waals surface area contributed by atoms with Gasteiger partial charge in [0.05, 0.1) is 24.9 Å². The van der Waals surface area contributed by atoms with Gasteiger partial charge in [0.1, 0.15) is 5.82 Å². The van der Waals surface area contributed by atoms with Crippen molar-refractivity contribution in [3.05, 3.63) is 29.6 Å². The summed E-state index contributed by atoms with van der Waals surface area (Å²) >= 11 is 0. The maximum absolute atomic E-state index is 13.0. The van der Waals surface area contributed by atoms with E-state index in [0.29, 0.717) is 0 Å². The minimum atomic E-state index is -0.756. The number of amides is 1. The highest BCUT2D eigenvalue weighted by Gasteiger charge is 2.13. The third-order valence-corrected chi connectivity index (χ3v) is 2.04. The molecule has 1 rings (SSSR count). The fourth-order valence-corrected chi connectivity index (χ4v) is 1.09. The van der Waals surface area contributed by atoms with Crippen LogP contribution in [0.25, 0.3) is 0 Å². The average molecular weight is 228 g/mol. The lowest BCUT2D eigenvalue weighted by atomic mass is 10.1. The van der Waals surface area contributed by atoms with Gasteiger partial charge in [0.2, 0.25) is 0 Å². The quantitative estimate of drug-likeness (QED) is 0.522. The summed E-state index contributed by atoms with van der Waals surface area (Å²) < 4.78 is 13.0. The molecule has 0 aromatic heterocycles. The summed E-state index contributed by atoms with van der Waals surface area (Å²) in [6, 6.07) is 2.88. The van der Waals surface area contributed by atoms with Crippen LogP contribution in [0.15, 0.2) is 18.2 Å². The number of benzene rings is 1. The number of nitrogens with one attached hydrogen (secondary N) is 1. The number of carbonyl (C=O) groups is 1. The van der Waals surface area contributed by atoms with Gasteiger partial charge in [-0.25, -0.2) is 4.39 Å². The first-order valence-corrected chi connectivity index (χ1v) is 4.66. The molecule has 88 valence electrons. The van der Waals surface area contributed by atoms with Crippen LogP contribution in [-0.4, -0.2) is 35.4 Å². The molecule has 0 fully saturated rings. The lowest BCUT2D eigenvalue weighted by Gasteiger charge is -2.13. The summed E-state index contributed by atoms with van der Waals surface area (Å²) in [5.41, 5.74) is 5.29. The van der Waals surface area contributed by atoms with Crippen LogP contribution in [0, 0.1) is 5.82 Å². The van der Waals surface area contributed by atoms with Gasteiger partial charge in [-0.3, -0.25) is 4.79 Å². The summed E-state index contributed by atoms with van der Waals surface area (Å²) in [6.45, 7) is -0.778. The summed E-state index contributed by atoms with van der Waals surface area (Å²) in [5.74, 6) is -1.26. The minimum absolute atomic E-state index is 0.0441. The van der Waals surface area contributed by atoms with Gasteiger partial charge >= 0.3 is 0 Å². The predicted molar refractivity (Wildman–Crippen MR) is 56.2 cm³/mol. The second-order valence-electron chi connectivity index (χ2n) is 3.27. The van der Waals surface area contributed by atoms with Gasteiger partial charge in [0.25, 0.3) is 5.91 Å². The molecule has 0 saturated heterocycles. The van der Waals surface area contributed by atoms with Crippen LogP contribution < -0.4 is 11.1 Å². The van der Waals surface area contributed by atoms with E-state index >= 15 is 0 Å².